The summed E-state index contributed by atoms with van der Waals surface area (Å²) in [6.45, 7) is 4.59. The number of aliphatic carboxylic acids is 1. The molecule has 9 nitrogen and oxygen atoms in total. The number of carbonyl (C=O) groups excluding carboxylic acids is 2. The fourth-order valence-corrected chi connectivity index (χ4v) is 9.17. The van der Waals surface area contributed by atoms with Gasteiger partial charge in [0.2, 0.25) is 0 Å². The lowest BCUT2D eigenvalue weighted by Gasteiger charge is -2.25. The van der Waals surface area contributed by atoms with E-state index in [2.05, 4.69) is 233 Å². The summed E-state index contributed by atoms with van der Waals surface area (Å²) in [4.78, 5) is 37.7. The van der Waals surface area contributed by atoms with E-state index in [0.717, 1.165) is 173 Å². The third kappa shape index (κ3) is 74.9. The molecule has 9 heteroatoms. The van der Waals surface area contributed by atoms with Crippen LogP contribution < -0.4 is 0 Å². The molecule has 95 heavy (non-hydrogen) atoms. The molecule has 0 radical (unpaired) electrons. The Morgan fingerprint density at radius 1 is 0.316 bits per heavy atom. The number of likely N-dealkylation sites (N-methyl/N-ethyl adjacent to an activating group) is 1. The zero-order valence-electron chi connectivity index (χ0n) is 60.5. The van der Waals surface area contributed by atoms with Gasteiger partial charge < -0.3 is 28.5 Å². The molecule has 0 aliphatic heterocycles. The molecule has 0 bridgehead atoms. The van der Waals surface area contributed by atoms with E-state index in [1.807, 2.05) is 21.1 Å². The maximum Gasteiger partial charge on any atom is 0.361 e. The highest BCUT2D eigenvalue weighted by atomic mass is 16.7. The summed E-state index contributed by atoms with van der Waals surface area (Å²) in [6.07, 6.45) is 113. The Morgan fingerprint density at radius 2 is 0.568 bits per heavy atom. The van der Waals surface area contributed by atoms with Gasteiger partial charge >= 0.3 is 17.9 Å². The highest BCUT2D eigenvalue weighted by Gasteiger charge is 2.25. The number of esters is 2. The highest BCUT2D eigenvalue weighted by molar-refractivity contribution is 5.71. The van der Waals surface area contributed by atoms with Crippen LogP contribution in [0.1, 0.15) is 245 Å². The molecule has 0 amide bonds. The summed E-state index contributed by atoms with van der Waals surface area (Å²) in [7, 11) is 5.95. The summed E-state index contributed by atoms with van der Waals surface area (Å²) in [6, 6.07) is 0. The normalized spacial score (nSPS) is 14.0. The van der Waals surface area contributed by atoms with E-state index in [-0.39, 0.29) is 38.6 Å². The number of nitrogens with zero attached hydrogens (tertiary/aromatic N) is 1. The largest absolute Gasteiger partial charge is 0.477 e. The average Bonchev–Trinajstić information content (AvgIpc) is 3.54. The van der Waals surface area contributed by atoms with Crippen LogP contribution >= 0.6 is 0 Å². The Balaban J connectivity index is 4.24. The van der Waals surface area contributed by atoms with E-state index < -0.39 is 24.3 Å². The van der Waals surface area contributed by atoms with Crippen molar-refractivity contribution in [3.63, 3.8) is 0 Å². The molecular weight excluding hydrogens is 1170 g/mol. The number of rotatable bonds is 65. The summed E-state index contributed by atoms with van der Waals surface area (Å²) in [5.74, 6) is -2.06. The topological polar surface area (TPSA) is 108 Å². The number of unbranched alkanes of at least 4 members (excludes halogenated alkanes) is 14. The highest BCUT2D eigenvalue weighted by Crippen LogP contribution is 2.14. The maximum atomic E-state index is 13.0. The predicted octanol–water partition coefficient (Wildman–Crippen LogP) is 23.7. The summed E-state index contributed by atoms with van der Waals surface area (Å²) in [5.41, 5.74) is 0. The molecular formula is C86H134NO8+. The number of carboxylic acid groups (broad SMARTS) is 1. The number of hydrogen-bond donors (Lipinski definition) is 1. The van der Waals surface area contributed by atoms with Crippen molar-refractivity contribution in [1.29, 1.82) is 0 Å². The summed E-state index contributed by atoms with van der Waals surface area (Å²) >= 11 is 0. The number of carboxylic acids is 1. The minimum absolute atomic E-state index is 0.171. The molecule has 2 unspecified atom stereocenters. The number of ether oxygens (including phenoxy) is 4. The first-order valence-electron chi connectivity index (χ1n) is 36.9. The van der Waals surface area contributed by atoms with Gasteiger partial charge in [-0.05, 0) is 154 Å². The molecule has 2 atom stereocenters. The third-order valence-corrected chi connectivity index (χ3v) is 14.7. The SMILES string of the molecule is CC/C=C\C/C=C\C/C=C\C/C=C\C/C=C\C/C=C\C/C=C\C/C=C\C/C=C\C/C=C\C/C=C\CCCCCCCCCC(=O)OC(COC(=O)CCCCCCCCC/C=C\C/C=C\C/C=C\C/C=C\C/C=C\C/C=C\C/C=C\CC)COC(OCC[N+](C)(C)C)C(=O)O. The monoisotopic (exact) mass is 1310 g/mol. The first-order valence-corrected chi connectivity index (χ1v) is 36.9. The molecule has 530 valence electrons. The first-order chi connectivity index (χ1) is 46.6. The van der Waals surface area contributed by atoms with Crippen LogP contribution in [-0.4, -0.2) is 87.4 Å². The lowest BCUT2D eigenvalue weighted by Crippen LogP contribution is -2.40. The van der Waals surface area contributed by atoms with Gasteiger partial charge in [-0.2, -0.15) is 0 Å². The molecule has 1 N–H and O–H groups in total. The smallest absolute Gasteiger partial charge is 0.361 e. The molecule has 0 heterocycles. The van der Waals surface area contributed by atoms with Crippen molar-refractivity contribution >= 4 is 17.9 Å². The van der Waals surface area contributed by atoms with Crippen LogP contribution in [0.25, 0.3) is 0 Å². The lowest BCUT2D eigenvalue weighted by molar-refractivity contribution is -0.870. The molecule has 0 fully saturated rings. The summed E-state index contributed by atoms with van der Waals surface area (Å²) in [5, 5.41) is 9.76. The molecule has 0 aliphatic carbocycles. The molecule has 0 saturated heterocycles. The zero-order valence-corrected chi connectivity index (χ0v) is 60.5. The molecule has 0 spiro atoms. The molecule has 0 aromatic carbocycles. The van der Waals surface area contributed by atoms with E-state index in [1.165, 1.54) is 38.5 Å². The number of allylic oxidation sites excluding steroid dienone is 36. The fraction of sp³-hybridized carbons (Fsp3) is 0.547. The molecule has 0 aromatic heterocycles. The van der Waals surface area contributed by atoms with Gasteiger partial charge in [0.25, 0.3) is 6.29 Å². The van der Waals surface area contributed by atoms with E-state index in [9.17, 15) is 19.5 Å². The number of carbonyl (C=O) groups is 3. The van der Waals surface area contributed by atoms with Gasteiger partial charge in [-0.25, -0.2) is 4.79 Å². The van der Waals surface area contributed by atoms with E-state index in [0.29, 0.717) is 17.4 Å². The van der Waals surface area contributed by atoms with Gasteiger partial charge in [0.15, 0.2) is 6.10 Å². The minimum atomic E-state index is -1.53. The average molecular weight is 1310 g/mol. The third-order valence-electron chi connectivity index (χ3n) is 14.7. The van der Waals surface area contributed by atoms with Crippen LogP contribution in [0.4, 0.5) is 0 Å². The fourth-order valence-electron chi connectivity index (χ4n) is 9.17. The zero-order chi connectivity index (χ0) is 69.0. The second-order valence-corrected chi connectivity index (χ2v) is 24.8. The Labute approximate surface area is 581 Å². The Kier molecular flexibility index (Phi) is 68.5. The van der Waals surface area contributed by atoms with Gasteiger partial charge in [0.1, 0.15) is 13.2 Å². The Hall–Kier alpha value is -6.39. The lowest BCUT2D eigenvalue weighted by atomic mass is 10.1. The Morgan fingerprint density at radius 3 is 0.842 bits per heavy atom. The maximum absolute atomic E-state index is 13.0. The number of quaternary nitrogens is 1. The summed E-state index contributed by atoms with van der Waals surface area (Å²) < 4.78 is 22.9. The quantitative estimate of drug-likeness (QED) is 0.0211. The van der Waals surface area contributed by atoms with Crippen LogP contribution in [0, 0.1) is 0 Å². The van der Waals surface area contributed by atoms with E-state index in [1.54, 1.807) is 0 Å². The van der Waals surface area contributed by atoms with Crippen molar-refractivity contribution in [1.82, 2.24) is 0 Å². The van der Waals surface area contributed by atoms with Crippen LogP contribution in [0.15, 0.2) is 219 Å². The van der Waals surface area contributed by atoms with Crippen molar-refractivity contribution in [2.75, 3.05) is 47.5 Å². The van der Waals surface area contributed by atoms with Crippen molar-refractivity contribution in [3.8, 4) is 0 Å². The van der Waals surface area contributed by atoms with Gasteiger partial charge in [-0.1, -0.05) is 297 Å². The second-order valence-electron chi connectivity index (χ2n) is 24.8. The van der Waals surface area contributed by atoms with Crippen molar-refractivity contribution in [2.45, 2.75) is 257 Å². The molecule has 0 aliphatic rings. The van der Waals surface area contributed by atoms with Gasteiger partial charge in [0.05, 0.1) is 34.4 Å². The van der Waals surface area contributed by atoms with Crippen molar-refractivity contribution in [3.05, 3.63) is 219 Å². The molecule has 0 aromatic rings. The van der Waals surface area contributed by atoms with E-state index in [4.69, 9.17) is 18.9 Å². The molecule has 0 rings (SSSR count). The minimum Gasteiger partial charge on any atom is -0.477 e. The van der Waals surface area contributed by atoms with Crippen molar-refractivity contribution in [2.24, 2.45) is 0 Å². The van der Waals surface area contributed by atoms with Gasteiger partial charge in [-0.15, -0.1) is 0 Å². The van der Waals surface area contributed by atoms with Crippen LogP contribution in [0.5, 0.6) is 0 Å². The predicted molar refractivity (Wildman–Crippen MR) is 409 cm³/mol. The Bertz CT molecular complexity index is 2370. The van der Waals surface area contributed by atoms with E-state index >= 15 is 0 Å². The standard InChI is InChI=1S/C86H133NO8/c1-6-8-10-12-14-16-18-20-22-24-26-28-30-32-34-36-37-38-39-40-41-42-43-44-45-46-47-49-51-53-55-57-59-61-63-65-67-69-71-73-75-77-84(89)95-82(81-94-86(85(90)91)92-79-78-87(3,4)5)80-93-83(88)76-74-72-70-68-66-64-62-60-58-56-54-52-50-48-35-33-31-29-27-25-23-21-19-17-15-13-11-9-7-2/h8-11,14-17,20-23,26-29,32-35,37-38,40-41,43-44,46-47,50-53,56-59,82,86H,6-7,12-13,18-19,24-25,30-31,36,39,42,45,48-49,54-55,60-81H2,1-5H3/p+1/b10-8-,11-9-,16-14-,17-15-,22-20-,23-21-,28-26-,29-27-,34-32-,35-33-,38-37-,41-40-,44-43-,47-46-,52-50-,53-51-,58-56-,59-57-. The number of hydrogen-bond acceptors (Lipinski definition) is 7. The van der Waals surface area contributed by atoms with Crippen molar-refractivity contribution < 1.29 is 42.9 Å². The molecule has 0 saturated carbocycles. The van der Waals surface area contributed by atoms with Gasteiger partial charge in [0, 0.05) is 12.8 Å². The van der Waals surface area contributed by atoms with Crippen LogP contribution in [-0.2, 0) is 33.3 Å². The second kappa shape index (κ2) is 73.4. The van der Waals surface area contributed by atoms with Crippen LogP contribution in [0.2, 0.25) is 0 Å². The van der Waals surface area contributed by atoms with Crippen LogP contribution in [0.3, 0.4) is 0 Å². The first kappa shape index (κ1) is 88.6. The van der Waals surface area contributed by atoms with Gasteiger partial charge in [-0.3, -0.25) is 9.59 Å².